The highest BCUT2D eigenvalue weighted by Gasteiger charge is 2.12. The molecule has 3 aromatic rings. The third-order valence-corrected chi connectivity index (χ3v) is 3.90. The predicted octanol–water partition coefficient (Wildman–Crippen LogP) is 2.20. The summed E-state index contributed by atoms with van der Waals surface area (Å²) < 4.78 is 1.73. The van der Waals surface area contributed by atoms with Gasteiger partial charge in [0.2, 0.25) is 17.8 Å². The van der Waals surface area contributed by atoms with Crippen LogP contribution in [0.25, 0.3) is 0 Å². The summed E-state index contributed by atoms with van der Waals surface area (Å²) in [6.07, 6.45) is 5.28. The quantitative estimate of drug-likeness (QED) is 0.636. The predicted molar refractivity (Wildman–Crippen MR) is 101 cm³/mol. The molecule has 0 spiro atoms. The molecule has 0 fully saturated rings. The fourth-order valence-electron chi connectivity index (χ4n) is 2.44. The second kappa shape index (κ2) is 8.24. The van der Waals surface area contributed by atoms with Gasteiger partial charge in [-0.05, 0) is 25.5 Å². The molecule has 9 heteroatoms. The van der Waals surface area contributed by atoms with Gasteiger partial charge in [0.15, 0.2) is 0 Å². The topological polar surface area (TPSA) is 96.7 Å². The fourth-order valence-corrected chi connectivity index (χ4v) is 2.44. The number of aryl methyl sites for hydroxylation is 1. The number of aromatic nitrogens is 6. The van der Waals surface area contributed by atoms with E-state index in [-0.39, 0.29) is 0 Å². The molecule has 0 amide bonds. The van der Waals surface area contributed by atoms with Gasteiger partial charge in [-0.1, -0.05) is 6.07 Å². The number of rotatable bonds is 8. The number of nitrogens with one attached hydrogen (secondary N) is 2. The van der Waals surface area contributed by atoms with Crippen LogP contribution in [0.3, 0.4) is 0 Å². The zero-order valence-corrected chi connectivity index (χ0v) is 15.2. The van der Waals surface area contributed by atoms with E-state index in [0.29, 0.717) is 24.4 Å². The van der Waals surface area contributed by atoms with Crippen molar-refractivity contribution in [3.63, 3.8) is 0 Å². The Labute approximate surface area is 152 Å². The molecule has 3 aromatic heterocycles. The van der Waals surface area contributed by atoms with Gasteiger partial charge in [0.1, 0.15) is 5.82 Å². The fraction of sp³-hybridized carbons (Fsp3) is 0.353. The highest BCUT2D eigenvalue weighted by molar-refractivity contribution is 5.52. The normalized spacial score (nSPS) is 10.6. The Bertz CT molecular complexity index is 827. The van der Waals surface area contributed by atoms with E-state index in [1.807, 2.05) is 31.4 Å². The van der Waals surface area contributed by atoms with E-state index >= 15 is 0 Å². The number of hydrogen-bond acceptors (Lipinski definition) is 8. The molecule has 3 rings (SSSR count). The summed E-state index contributed by atoms with van der Waals surface area (Å²) >= 11 is 0. The van der Waals surface area contributed by atoms with E-state index < -0.39 is 0 Å². The Morgan fingerprint density at radius 2 is 1.85 bits per heavy atom. The highest BCUT2D eigenvalue weighted by atomic mass is 15.4. The maximum atomic E-state index is 4.55. The van der Waals surface area contributed by atoms with E-state index in [0.717, 1.165) is 24.5 Å². The van der Waals surface area contributed by atoms with Crippen LogP contribution in [0, 0.1) is 0 Å². The zero-order chi connectivity index (χ0) is 18.4. The van der Waals surface area contributed by atoms with Crippen molar-refractivity contribution in [3.8, 4) is 0 Å². The standard InChI is InChI=1S/C17H23N9/c1-4-26(5-2)17-23-15(19-12-13-7-6-9-18-11-13)22-16(24-17)21-14-8-10-20-25(14)3/h6-11H,4-5,12H2,1-3H3,(H2,19,21,22,23,24). The van der Waals surface area contributed by atoms with E-state index in [2.05, 4.69) is 54.4 Å². The monoisotopic (exact) mass is 353 g/mol. The lowest BCUT2D eigenvalue weighted by molar-refractivity contribution is 0.773. The van der Waals surface area contributed by atoms with Gasteiger partial charge in [-0.3, -0.25) is 9.67 Å². The molecule has 0 aromatic carbocycles. The van der Waals surface area contributed by atoms with Crippen LogP contribution in [0.1, 0.15) is 19.4 Å². The van der Waals surface area contributed by atoms with Gasteiger partial charge in [0.05, 0.1) is 6.20 Å². The first kappa shape index (κ1) is 17.6. The number of nitrogens with zero attached hydrogens (tertiary/aromatic N) is 7. The van der Waals surface area contributed by atoms with Crippen molar-refractivity contribution in [1.29, 1.82) is 0 Å². The van der Waals surface area contributed by atoms with Crippen molar-refractivity contribution >= 4 is 23.7 Å². The summed E-state index contributed by atoms with van der Waals surface area (Å²) in [5.41, 5.74) is 1.05. The first-order chi connectivity index (χ1) is 12.7. The van der Waals surface area contributed by atoms with Crippen LogP contribution in [0.2, 0.25) is 0 Å². The van der Waals surface area contributed by atoms with Crippen molar-refractivity contribution in [1.82, 2.24) is 29.7 Å². The lowest BCUT2D eigenvalue weighted by Crippen LogP contribution is -2.25. The van der Waals surface area contributed by atoms with Crippen LogP contribution in [-0.2, 0) is 13.6 Å². The molecule has 0 aliphatic carbocycles. The third kappa shape index (κ3) is 4.24. The molecule has 136 valence electrons. The van der Waals surface area contributed by atoms with Gasteiger partial charge in [0, 0.05) is 45.1 Å². The van der Waals surface area contributed by atoms with Crippen LogP contribution >= 0.6 is 0 Å². The molecular formula is C17H23N9. The third-order valence-electron chi connectivity index (χ3n) is 3.90. The minimum atomic E-state index is 0.471. The second-order valence-electron chi connectivity index (χ2n) is 5.63. The minimum Gasteiger partial charge on any atom is -0.350 e. The Morgan fingerprint density at radius 3 is 2.50 bits per heavy atom. The number of hydrogen-bond donors (Lipinski definition) is 2. The SMILES string of the molecule is CCN(CC)c1nc(NCc2cccnc2)nc(Nc2ccnn2C)n1. The molecule has 2 N–H and O–H groups in total. The van der Waals surface area contributed by atoms with Gasteiger partial charge in [-0.25, -0.2) is 0 Å². The summed E-state index contributed by atoms with van der Waals surface area (Å²) in [7, 11) is 1.86. The molecule has 0 radical (unpaired) electrons. The lowest BCUT2D eigenvalue weighted by atomic mass is 10.3. The molecule has 0 aliphatic heterocycles. The van der Waals surface area contributed by atoms with Crippen LogP contribution in [-0.4, -0.2) is 42.8 Å². The molecular weight excluding hydrogens is 330 g/mol. The zero-order valence-electron chi connectivity index (χ0n) is 15.2. The average molecular weight is 353 g/mol. The summed E-state index contributed by atoms with van der Waals surface area (Å²) in [6, 6.07) is 5.77. The Kier molecular flexibility index (Phi) is 5.57. The molecule has 3 heterocycles. The summed E-state index contributed by atoms with van der Waals surface area (Å²) in [6.45, 7) is 6.36. The summed E-state index contributed by atoms with van der Waals surface area (Å²) in [4.78, 5) is 19.8. The van der Waals surface area contributed by atoms with E-state index in [4.69, 9.17) is 0 Å². The van der Waals surface area contributed by atoms with Crippen molar-refractivity contribution in [2.45, 2.75) is 20.4 Å². The molecule has 26 heavy (non-hydrogen) atoms. The van der Waals surface area contributed by atoms with Crippen LogP contribution < -0.4 is 15.5 Å². The van der Waals surface area contributed by atoms with Gasteiger partial charge in [-0.2, -0.15) is 20.1 Å². The first-order valence-electron chi connectivity index (χ1n) is 8.58. The van der Waals surface area contributed by atoms with Crippen molar-refractivity contribution in [2.75, 3.05) is 28.6 Å². The van der Waals surface area contributed by atoms with Crippen LogP contribution in [0.5, 0.6) is 0 Å². The van der Waals surface area contributed by atoms with Gasteiger partial charge in [0.25, 0.3) is 0 Å². The van der Waals surface area contributed by atoms with Gasteiger partial charge >= 0.3 is 0 Å². The van der Waals surface area contributed by atoms with E-state index in [9.17, 15) is 0 Å². The highest BCUT2D eigenvalue weighted by Crippen LogP contribution is 2.17. The average Bonchev–Trinajstić information content (AvgIpc) is 3.06. The molecule has 0 saturated heterocycles. The Hall–Kier alpha value is -3.23. The molecule has 0 unspecified atom stereocenters. The van der Waals surface area contributed by atoms with Gasteiger partial charge < -0.3 is 15.5 Å². The molecule has 9 nitrogen and oxygen atoms in total. The maximum absolute atomic E-state index is 4.55. The molecule has 0 bridgehead atoms. The summed E-state index contributed by atoms with van der Waals surface area (Å²) in [5, 5.41) is 10.6. The second-order valence-corrected chi connectivity index (χ2v) is 5.63. The van der Waals surface area contributed by atoms with Crippen molar-refractivity contribution < 1.29 is 0 Å². The van der Waals surface area contributed by atoms with Gasteiger partial charge in [-0.15, -0.1) is 0 Å². The minimum absolute atomic E-state index is 0.471. The van der Waals surface area contributed by atoms with Crippen LogP contribution in [0.15, 0.2) is 36.8 Å². The van der Waals surface area contributed by atoms with Crippen molar-refractivity contribution in [3.05, 3.63) is 42.4 Å². The van der Waals surface area contributed by atoms with Crippen molar-refractivity contribution in [2.24, 2.45) is 7.05 Å². The summed E-state index contributed by atoms with van der Waals surface area (Å²) in [5.74, 6) is 2.41. The molecule has 0 atom stereocenters. The Balaban J connectivity index is 1.85. The van der Waals surface area contributed by atoms with E-state index in [1.165, 1.54) is 0 Å². The van der Waals surface area contributed by atoms with Crippen LogP contribution in [0.4, 0.5) is 23.7 Å². The molecule has 0 saturated carbocycles. The number of anilines is 4. The largest absolute Gasteiger partial charge is 0.350 e. The first-order valence-corrected chi connectivity index (χ1v) is 8.58. The molecule has 0 aliphatic rings. The maximum Gasteiger partial charge on any atom is 0.234 e. The lowest BCUT2D eigenvalue weighted by Gasteiger charge is -2.20. The number of pyridine rings is 1. The smallest absolute Gasteiger partial charge is 0.234 e. The Morgan fingerprint density at radius 1 is 1.04 bits per heavy atom. The van der Waals surface area contributed by atoms with E-state index in [1.54, 1.807) is 17.1 Å².